The van der Waals surface area contributed by atoms with Crippen molar-refractivity contribution in [3.8, 4) is 0 Å². The van der Waals surface area contributed by atoms with Crippen LogP contribution in [0.15, 0.2) is 43.0 Å². The van der Waals surface area contributed by atoms with Crippen molar-refractivity contribution in [1.82, 2.24) is 24.8 Å². The minimum atomic E-state index is -0.716. The number of fused-ring (bicyclic) bond motifs is 2. The van der Waals surface area contributed by atoms with Crippen LogP contribution >= 0.6 is 0 Å². The SMILES string of the molecule is CCNC(=O)Nc1ncnc2c1ncn2C1OC(CCC2CCCC2C(=O)O)C2O[C@H](c3ccccc3)OC21. The summed E-state index contributed by atoms with van der Waals surface area (Å²) in [5.74, 6) is -0.601. The van der Waals surface area contributed by atoms with E-state index in [1.807, 2.05) is 37.3 Å². The topological polar surface area (TPSA) is 150 Å². The van der Waals surface area contributed by atoms with E-state index in [1.54, 1.807) is 10.9 Å². The number of urea groups is 1. The van der Waals surface area contributed by atoms with E-state index in [-0.39, 0.29) is 30.1 Å². The van der Waals surface area contributed by atoms with Crippen LogP contribution < -0.4 is 10.6 Å². The second kappa shape index (κ2) is 10.9. The molecule has 3 aliphatic rings. The number of imidazole rings is 1. The zero-order valence-corrected chi connectivity index (χ0v) is 21.6. The summed E-state index contributed by atoms with van der Waals surface area (Å²) < 4.78 is 21.2. The second-order valence-corrected chi connectivity index (χ2v) is 10.3. The molecule has 2 aliphatic heterocycles. The minimum Gasteiger partial charge on any atom is -0.481 e. The maximum atomic E-state index is 12.1. The summed E-state index contributed by atoms with van der Waals surface area (Å²) in [5, 5.41) is 15.0. The average molecular weight is 537 g/mol. The number of benzene rings is 1. The first-order valence-corrected chi connectivity index (χ1v) is 13.5. The average Bonchev–Trinajstić information content (AvgIpc) is 3.72. The molecule has 6 rings (SSSR count). The first kappa shape index (κ1) is 25.7. The molecule has 0 bridgehead atoms. The Morgan fingerprint density at radius 1 is 1.05 bits per heavy atom. The van der Waals surface area contributed by atoms with Crippen LogP contribution in [0.25, 0.3) is 11.2 Å². The highest BCUT2D eigenvalue weighted by atomic mass is 16.8. The first-order chi connectivity index (χ1) is 19.0. The van der Waals surface area contributed by atoms with Gasteiger partial charge in [-0.15, -0.1) is 0 Å². The van der Waals surface area contributed by atoms with Gasteiger partial charge in [-0.25, -0.2) is 19.7 Å². The minimum absolute atomic E-state index is 0.126. The number of rotatable bonds is 8. The van der Waals surface area contributed by atoms with Crippen LogP contribution in [0.2, 0.25) is 0 Å². The fourth-order valence-corrected chi connectivity index (χ4v) is 6.09. The lowest BCUT2D eigenvalue weighted by Gasteiger charge is -2.23. The third-order valence-electron chi connectivity index (χ3n) is 7.92. The number of carbonyl (C=O) groups excluding carboxylic acids is 1. The van der Waals surface area contributed by atoms with Crippen LogP contribution in [-0.4, -0.2) is 61.5 Å². The van der Waals surface area contributed by atoms with Gasteiger partial charge in [0.1, 0.15) is 18.5 Å². The van der Waals surface area contributed by atoms with Crippen LogP contribution in [0.1, 0.15) is 57.1 Å². The van der Waals surface area contributed by atoms with E-state index in [0.717, 1.165) is 31.2 Å². The van der Waals surface area contributed by atoms with E-state index < -0.39 is 24.6 Å². The molecule has 1 saturated carbocycles. The summed E-state index contributed by atoms with van der Waals surface area (Å²) in [6.07, 6.45) is 4.74. The van der Waals surface area contributed by atoms with E-state index >= 15 is 0 Å². The molecule has 206 valence electrons. The van der Waals surface area contributed by atoms with E-state index in [1.165, 1.54) is 6.33 Å². The molecular weight excluding hydrogens is 504 g/mol. The molecule has 1 aliphatic carbocycles. The van der Waals surface area contributed by atoms with Crippen molar-refractivity contribution < 1.29 is 28.9 Å². The zero-order chi connectivity index (χ0) is 26.9. The van der Waals surface area contributed by atoms with Gasteiger partial charge < -0.3 is 24.6 Å². The number of hydrogen-bond acceptors (Lipinski definition) is 8. The van der Waals surface area contributed by atoms with E-state index in [2.05, 4.69) is 25.6 Å². The summed E-state index contributed by atoms with van der Waals surface area (Å²) in [6.45, 7) is 2.30. The molecule has 2 aromatic heterocycles. The highest BCUT2D eigenvalue weighted by Gasteiger charge is 2.54. The highest BCUT2D eigenvalue weighted by molar-refractivity contribution is 5.95. The third kappa shape index (κ3) is 4.95. The van der Waals surface area contributed by atoms with Gasteiger partial charge in [-0.3, -0.25) is 14.7 Å². The van der Waals surface area contributed by atoms with Gasteiger partial charge in [0.25, 0.3) is 0 Å². The fraction of sp³-hybridized carbons (Fsp3) is 0.519. The lowest BCUT2D eigenvalue weighted by molar-refractivity contribution is -0.149. The van der Waals surface area contributed by atoms with Crippen molar-refractivity contribution in [3.63, 3.8) is 0 Å². The molecule has 3 fully saturated rings. The molecule has 1 aromatic carbocycles. The van der Waals surface area contributed by atoms with Gasteiger partial charge in [-0.2, -0.15) is 0 Å². The van der Waals surface area contributed by atoms with Crippen molar-refractivity contribution in [2.75, 3.05) is 11.9 Å². The lowest BCUT2D eigenvalue weighted by atomic mass is 9.89. The maximum Gasteiger partial charge on any atom is 0.320 e. The number of carbonyl (C=O) groups is 2. The number of nitrogens with zero attached hydrogens (tertiary/aromatic N) is 4. The monoisotopic (exact) mass is 536 g/mol. The van der Waals surface area contributed by atoms with E-state index in [4.69, 9.17) is 14.2 Å². The Bertz CT molecular complexity index is 1330. The summed E-state index contributed by atoms with van der Waals surface area (Å²) >= 11 is 0. The van der Waals surface area contributed by atoms with Crippen LogP contribution in [-0.2, 0) is 19.0 Å². The van der Waals surface area contributed by atoms with Gasteiger partial charge >= 0.3 is 12.0 Å². The fourth-order valence-electron chi connectivity index (χ4n) is 6.09. The number of anilines is 1. The van der Waals surface area contributed by atoms with Gasteiger partial charge in [-0.05, 0) is 38.5 Å². The van der Waals surface area contributed by atoms with Gasteiger partial charge in [0, 0.05) is 12.1 Å². The van der Waals surface area contributed by atoms with Crippen LogP contribution in [0.4, 0.5) is 10.6 Å². The number of aromatic nitrogens is 4. The van der Waals surface area contributed by atoms with E-state index in [0.29, 0.717) is 29.9 Å². The van der Waals surface area contributed by atoms with Crippen molar-refractivity contribution in [2.45, 2.75) is 69.9 Å². The van der Waals surface area contributed by atoms with Crippen LogP contribution in [0.3, 0.4) is 0 Å². The van der Waals surface area contributed by atoms with Gasteiger partial charge in [0.2, 0.25) is 0 Å². The summed E-state index contributed by atoms with van der Waals surface area (Å²) in [5.41, 5.74) is 1.84. The number of hydrogen-bond donors (Lipinski definition) is 3. The molecule has 0 spiro atoms. The maximum absolute atomic E-state index is 12.1. The Labute approximate surface area is 225 Å². The molecule has 3 N–H and O–H groups in total. The van der Waals surface area contributed by atoms with Crippen molar-refractivity contribution in [1.29, 1.82) is 0 Å². The Kier molecular flexibility index (Phi) is 7.15. The van der Waals surface area contributed by atoms with Gasteiger partial charge in [0.05, 0.1) is 18.3 Å². The van der Waals surface area contributed by atoms with Crippen molar-refractivity contribution >= 4 is 29.0 Å². The lowest BCUT2D eigenvalue weighted by Crippen LogP contribution is -2.29. The van der Waals surface area contributed by atoms with Crippen LogP contribution in [0, 0.1) is 11.8 Å². The quantitative estimate of drug-likeness (QED) is 0.392. The smallest absolute Gasteiger partial charge is 0.320 e. The molecule has 2 saturated heterocycles. The van der Waals surface area contributed by atoms with E-state index in [9.17, 15) is 14.7 Å². The standard InChI is InChI=1S/C27H32N6O6/c1-2-28-27(36)32-22-19-23(30-13-29-22)33(14-31-19)24-21-20(38-26(39-21)16-7-4-3-5-8-16)18(37-24)12-11-15-9-6-10-17(15)25(34)35/h3-5,7-8,13-15,17-18,20-21,24,26H,2,6,9-12H2,1H3,(H,34,35)(H2,28,29,30,32,36)/t15?,17?,18?,20?,21?,24?,26-/m0/s1. The molecule has 6 unspecified atom stereocenters. The number of carboxylic acid groups (broad SMARTS) is 1. The molecule has 12 nitrogen and oxygen atoms in total. The Hall–Kier alpha value is -3.61. The molecular formula is C27H32N6O6. The summed E-state index contributed by atoms with van der Waals surface area (Å²) in [6, 6.07) is 9.37. The number of carboxylic acids is 1. The Morgan fingerprint density at radius 2 is 1.87 bits per heavy atom. The number of ether oxygens (including phenoxy) is 3. The van der Waals surface area contributed by atoms with Crippen molar-refractivity contribution in [3.05, 3.63) is 48.5 Å². The molecule has 0 radical (unpaired) electrons. The van der Waals surface area contributed by atoms with Gasteiger partial charge in [0.15, 0.2) is 29.5 Å². The summed E-state index contributed by atoms with van der Waals surface area (Å²) in [7, 11) is 0. The first-order valence-electron chi connectivity index (χ1n) is 13.5. The predicted molar refractivity (Wildman–Crippen MR) is 139 cm³/mol. The number of amides is 2. The normalized spacial score (nSPS) is 29.9. The highest BCUT2D eigenvalue weighted by Crippen LogP contribution is 2.47. The predicted octanol–water partition coefficient (Wildman–Crippen LogP) is 3.63. The van der Waals surface area contributed by atoms with Gasteiger partial charge in [-0.1, -0.05) is 36.8 Å². The molecule has 7 atom stereocenters. The Balaban J connectivity index is 1.27. The molecule has 2 amide bonds. The summed E-state index contributed by atoms with van der Waals surface area (Å²) in [4.78, 5) is 36.9. The molecule has 4 heterocycles. The number of nitrogens with one attached hydrogen (secondary N) is 2. The number of aliphatic carboxylic acids is 1. The zero-order valence-electron chi connectivity index (χ0n) is 21.6. The molecule has 39 heavy (non-hydrogen) atoms. The molecule has 3 aromatic rings. The van der Waals surface area contributed by atoms with Crippen LogP contribution in [0.5, 0.6) is 0 Å². The largest absolute Gasteiger partial charge is 0.481 e. The Morgan fingerprint density at radius 3 is 2.67 bits per heavy atom. The third-order valence-corrected chi connectivity index (χ3v) is 7.92. The van der Waals surface area contributed by atoms with Crippen molar-refractivity contribution in [2.24, 2.45) is 11.8 Å². The molecule has 12 heteroatoms. The second-order valence-electron chi connectivity index (χ2n) is 10.3.